The normalized spacial score (nSPS) is 20.8. The van der Waals surface area contributed by atoms with Crippen LogP contribution in [-0.4, -0.2) is 6.04 Å². The summed E-state index contributed by atoms with van der Waals surface area (Å²) >= 11 is 9.20. The standard InChI is InChI=1S/C15H12BrClFNO/c1-8-15(9-2-4-10(16)5-3-9)20-14-7-12(18)11(17)6-13(14)19-8/h2-8,15,19H,1H3. The molecule has 5 heteroatoms. The highest BCUT2D eigenvalue weighted by Gasteiger charge is 2.28. The molecule has 0 aromatic heterocycles. The molecule has 0 aliphatic carbocycles. The maximum atomic E-state index is 13.5. The number of hydrogen-bond donors (Lipinski definition) is 1. The van der Waals surface area contributed by atoms with Crippen LogP contribution in [0.3, 0.4) is 0 Å². The van der Waals surface area contributed by atoms with Crippen LogP contribution in [0.5, 0.6) is 5.75 Å². The van der Waals surface area contributed by atoms with E-state index in [1.54, 1.807) is 6.07 Å². The molecule has 1 heterocycles. The van der Waals surface area contributed by atoms with Crippen LogP contribution in [0.4, 0.5) is 10.1 Å². The van der Waals surface area contributed by atoms with Crippen molar-refractivity contribution < 1.29 is 9.13 Å². The molecule has 2 unspecified atom stereocenters. The van der Waals surface area contributed by atoms with Gasteiger partial charge in [-0.2, -0.15) is 0 Å². The SMILES string of the molecule is CC1Nc2cc(Cl)c(F)cc2OC1c1ccc(Br)cc1. The second-order valence-corrected chi connectivity index (χ2v) is 6.11. The van der Waals surface area contributed by atoms with Gasteiger partial charge < -0.3 is 10.1 Å². The maximum absolute atomic E-state index is 13.5. The lowest BCUT2D eigenvalue weighted by molar-refractivity contribution is 0.177. The van der Waals surface area contributed by atoms with Gasteiger partial charge in [0.15, 0.2) is 0 Å². The van der Waals surface area contributed by atoms with Crippen LogP contribution in [0.2, 0.25) is 5.02 Å². The van der Waals surface area contributed by atoms with Crippen molar-refractivity contribution in [1.29, 1.82) is 0 Å². The van der Waals surface area contributed by atoms with Gasteiger partial charge in [-0.25, -0.2) is 4.39 Å². The first-order valence-corrected chi connectivity index (χ1v) is 7.39. The van der Waals surface area contributed by atoms with Crippen molar-refractivity contribution in [3.8, 4) is 5.75 Å². The molecule has 1 N–H and O–H groups in total. The number of benzene rings is 2. The van der Waals surface area contributed by atoms with Crippen LogP contribution in [0.1, 0.15) is 18.6 Å². The number of halogens is 3. The zero-order valence-electron chi connectivity index (χ0n) is 10.7. The minimum Gasteiger partial charge on any atom is -0.481 e. The van der Waals surface area contributed by atoms with Gasteiger partial charge in [0.25, 0.3) is 0 Å². The van der Waals surface area contributed by atoms with Gasteiger partial charge in [0.1, 0.15) is 17.7 Å². The highest BCUT2D eigenvalue weighted by atomic mass is 79.9. The van der Waals surface area contributed by atoms with Crippen molar-refractivity contribution >= 4 is 33.2 Å². The number of ether oxygens (including phenoxy) is 1. The Kier molecular flexibility index (Phi) is 3.61. The van der Waals surface area contributed by atoms with Gasteiger partial charge in [-0.05, 0) is 30.7 Å². The van der Waals surface area contributed by atoms with E-state index < -0.39 is 5.82 Å². The Hall–Kier alpha value is -1.26. The van der Waals surface area contributed by atoms with Crippen LogP contribution < -0.4 is 10.1 Å². The molecule has 2 atom stereocenters. The Morgan fingerprint density at radius 1 is 1.25 bits per heavy atom. The molecular weight excluding hydrogens is 345 g/mol. The Balaban J connectivity index is 1.96. The fourth-order valence-corrected chi connectivity index (χ4v) is 2.74. The molecule has 2 aromatic carbocycles. The Morgan fingerprint density at radius 2 is 1.95 bits per heavy atom. The van der Waals surface area contributed by atoms with Crippen molar-refractivity contribution in [2.75, 3.05) is 5.32 Å². The van der Waals surface area contributed by atoms with E-state index in [0.717, 1.165) is 15.7 Å². The van der Waals surface area contributed by atoms with E-state index in [-0.39, 0.29) is 17.2 Å². The highest BCUT2D eigenvalue weighted by Crippen LogP contribution is 2.39. The van der Waals surface area contributed by atoms with Crippen molar-refractivity contribution in [3.63, 3.8) is 0 Å². The first-order chi connectivity index (χ1) is 9.54. The average molecular weight is 357 g/mol. The summed E-state index contributed by atoms with van der Waals surface area (Å²) < 4.78 is 20.5. The van der Waals surface area contributed by atoms with Crippen molar-refractivity contribution in [2.45, 2.75) is 19.1 Å². The summed E-state index contributed by atoms with van der Waals surface area (Å²) in [5.74, 6) is 0.00856. The predicted molar refractivity (Wildman–Crippen MR) is 82.0 cm³/mol. The van der Waals surface area contributed by atoms with Crippen LogP contribution in [-0.2, 0) is 0 Å². The molecule has 0 bridgehead atoms. The summed E-state index contributed by atoms with van der Waals surface area (Å²) in [5, 5.41) is 3.40. The van der Waals surface area contributed by atoms with Gasteiger partial charge in [0.05, 0.1) is 16.8 Å². The van der Waals surface area contributed by atoms with Crippen molar-refractivity contribution in [3.05, 3.63) is 57.3 Å². The lowest BCUT2D eigenvalue weighted by Crippen LogP contribution is -2.32. The smallest absolute Gasteiger partial charge is 0.146 e. The van der Waals surface area contributed by atoms with Crippen LogP contribution in [0.25, 0.3) is 0 Å². The van der Waals surface area contributed by atoms with E-state index in [4.69, 9.17) is 16.3 Å². The van der Waals surface area contributed by atoms with Gasteiger partial charge in [-0.3, -0.25) is 0 Å². The molecule has 0 amide bonds. The zero-order valence-corrected chi connectivity index (χ0v) is 13.0. The minimum atomic E-state index is -0.476. The van der Waals surface area contributed by atoms with Gasteiger partial charge in [-0.1, -0.05) is 39.7 Å². The Bertz CT molecular complexity index is 647. The number of fused-ring (bicyclic) bond motifs is 1. The van der Waals surface area contributed by atoms with Crippen LogP contribution >= 0.6 is 27.5 Å². The maximum Gasteiger partial charge on any atom is 0.146 e. The number of anilines is 1. The third kappa shape index (κ3) is 2.50. The van der Waals surface area contributed by atoms with E-state index in [1.807, 2.05) is 31.2 Å². The van der Waals surface area contributed by atoms with Gasteiger partial charge in [0.2, 0.25) is 0 Å². The summed E-state index contributed by atoms with van der Waals surface area (Å²) in [7, 11) is 0. The number of hydrogen-bond acceptors (Lipinski definition) is 2. The molecule has 2 nitrogen and oxygen atoms in total. The number of nitrogens with one attached hydrogen (secondary N) is 1. The number of rotatable bonds is 1. The second kappa shape index (κ2) is 5.26. The largest absolute Gasteiger partial charge is 0.481 e. The van der Waals surface area contributed by atoms with Crippen molar-refractivity contribution in [1.82, 2.24) is 0 Å². The Labute approximate surface area is 130 Å². The molecule has 1 aliphatic heterocycles. The summed E-state index contributed by atoms with van der Waals surface area (Å²) in [6, 6.07) is 10.8. The minimum absolute atomic E-state index is 0.0604. The van der Waals surface area contributed by atoms with E-state index in [2.05, 4.69) is 21.2 Å². The monoisotopic (exact) mass is 355 g/mol. The molecule has 20 heavy (non-hydrogen) atoms. The quantitative estimate of drug-likeness (QED) is 0.760. The first kappa shape index (κ1) is 13.7. The summed E-state index contributed by atoms with van der Waals surface area (Å²) in [4.78, 5) is 0. The molecule has 2 aromatic rings. The van der Waals surface area contributed by atoms with E-state index in [0.29, 0.717) is 5.75 Å². The summed E-state index contributed by atoms with van der Waals surface area (Å²) in [6.45, 7) is 2.02. The molecule has 0 fully saturated rings. The van der Waals surface area contributed by atoms with Crippen LogP contribution in [0.15, 0.2) is 40.9 Å². The fourth-order valence-electron chi connectivity index (χ4n) is 2.31. The van der Waals surface area contributed by atoms with E-state index >= 15 is 0 Å². The zero-order chi connectivity index (χ0) is 14.3. The lowest BCUT2D eigenvalue weighted by Gasteiger charge is -2.33. The summed E-state index contributed by atoms with van der Waals surface area (Å²) in [6.07, 6.45) is -0.170. The highest BCUT2D eigenvalue weighted by molar-refractivity contribution is 9.10. The molecule has 0 saturated carbocycles. The third-order valence-electron chi connectivity index (χ3n) is 3.31. The second-order valence-electron chi connectivity index (χ2n) is 4.79. The van der Waals surface area contributed by atoms with Gasteiger partial charge in [0, 0.05) is 10.5 Å². The predicted octanol–water partition coefficient (Wildman–Crippen LogP) is 5.18. The molecule has 1 aliphatic rings. The van der Waals surface area contributed by atoms with Gasteiger partial charge in [-0.15, -0.1) is 0 Å². The molecule has 3 rings (SSSR count). The average Bonchev–Trinajstić information content (AvgIpc) is 2.41. The van der Waals surface area contributed by atoms with E-state index in [1.165, 1.54) is 6.07 Å². The lowest BCUT2D eigenvalue weighted by atomic mass is 10.0. The Morgan fingerprint density at radius 3 is 2.65 bits per heavy atom. The van der Waals surface area contributed by atoms with Crippen molar-refractivity contribution in [2.24, 2.45) is 0 Å². The van der Waals surface area contributed by atoms with Crippen LogP contribution in [0, 0.1) is 5.82 Å². The van der Waals surface area contributed by atoms with E-state index in [9.17, 15) is 4.39 Å². The third-order valence-corrected chi connectivity index (χ3v) is 4.13. The van der Waals surface area contributed by atoms with Gasteiger partial charge >= 0.3 is 0 Å². The topological polar surface area (TPSA) is 21.3 Å². The molecule has 104 valence electrons. The molecule has 0 radical (unpaired) electrons. The first-order valence-electron chi connectivity index (χ1n) is 6.22. The molecule has 0 spiro atoms. The fraction of sp³-hybridized carbons (Fsp3) is 0.200. The summed E-state index contributed by atoms with van der Waals surface area (Å²) in [5.41, 5.74) is 1.76. The molecular formula is C15H12BrClFNO. The molecule has 0 saturated heterocycles.